The molecule has 0 unspecified atom stereocenters. The number of hydrogen-bond donors (Lipinski definition) is 2. The van der Waals surface area contributed by atoms with E-state index >= 15 is 0 Å². The molecule has 3 aromatic carbocycles. The first-order valence-electron chi connectivity index (χ1n) is 13.0. The molecule has 2 amide bonds. The van der Waals surface area contributed by atoms with Gasteiger partial charge in [-0.1, -0.05) is 48.5 Å². The number of carbonyl (C=O) groups is 2. The molecular weight excluding hydrogens is 432 g/mol. The van der Waals surface area contributed by atoms with Crippen molar-refractivity contribution in [2.75, 3.05) is 11.9 Å². The molecule has 4 nitrogen and oxygen atoms in total. The molecule has 2 aliphatic rings. The second-order valence-electron chi connectivity index (χ2n) is 9.82. The average molecular weight is 467 g/mol. The molecule has 0 radical (unpaired) electrons. The highest BCUT2D eigenvalue weighted by atomic mass is 16.2. The fourth-order valence-corrected chi connectivity index (χ4v) is 5.51. The van der Waals surface area contributed by atoms with Crippen LogP contribution in [0.3, 0.4) is 0 Å². The Balaban J connectivity index is 1.10. The van der Waals surface area contributed by atoms with Crippen molar-refractivity contribution in [1.29, 1.82) is 0 Å². The fourth-order valence-electron chi connectivity index (χ4n) is 5.51. The van der Waals surface area contributed by atoms with Crippen molar-refractivity contribution in [3.05, 3.63) is 99.6 Å². The van der Waals surface area contributed by atoms with E-state index in [2.05, 4.69) is 28.8 Å². The third-order valence-corrected chi connectivity index (χ3v) is 7.38. The van der Waals surface area contributed by atoms with E-state index in [4.69, 9.17) is 0 Å². The molecule has 0 saturated carbocycles. The van der Waals surface area contributed by atoms with Crippen molar-refractivity contribution in [2.45, 2.75) is 64.2 Å². The van der Waals surface area contributed by atoms with Crippen LogP contribution >= 0.6 is 0 Å². The van der Waals surface area contributed by atoms with Crippen LogP contribution < -0.4 is 10.6 Å². The summed E-state index contributed by atoms with van der Waals surface area (Å²) < 4.78 is 0. The van der Waals surface area contributed by atoms with E-state index in [1.807, 2.05) is 42.5 Å². The molecule has 180 valence electrons. The minimum absolute atomic E-state index is 0.0299. The van der Waals surface area contributed by atoms with Crippen molar-refractivity contribution in [3.63, 3.8) is 0 Å². The number of benzene rings is 3. The minimum Gasteiger partial charge on any atom is -0.356 e. The first-order valence-corrected chi connectivity index (χ1v) is 13.0. The average Bonchev–Trinajstić information content (AvgIpc) is 3.54. The standard InChI is InChI=1S/C31H34N2O2/c34-29(14-4-9-22-7-2-1-3-8-22)32-20-19-23-15-17-24(18-16-23)31(35)33-30-27-12-5-10-25(27)21-26-11-6-13-28(26)30/h1-3,7-8,15-18,21H,4-6,9-14,19-20H2,(H,32,34)(H,33,35). The van der Waals surface area contributed by atoms with Crippen LogP contribution in [0.15, 0.2) is 60.7 Å². The summed E-state index contributed by atoms with van der Waals surface area (Å²) in [5.74, 6) is 0.0672. The molecule has 2 aliphatic carbocycles. The molecule has 0 bridgehead atoms. The highest BCUT2D eigenvalue weighted by Gasteiger charge is 2.25. The molecule has 0 spiro atoms. The van der Waals surface area contributed by atoms with E-state index in [-0.39, 0.29) is 11.8 Å². The summed E-state index contributed by atoms with van der Waals surface area (Å²) in [7, 11) is 0. The van der Waals surface area contributed by atoms with Gasteiger partial charge in [0.1, 0.15) is 0 Å². The first-order chi connectivity index (χ1) is 17.2. The quantitative estimate of drug-likeness (QED) is 0.431. The monoisotopic (exact) mass is 466 g/mol. The van der Waals surface area contributed by atoms with Gasteiger partial charge >= 0.3 is 0 Å². The van der Waals surface area contributed by atoms with Gasteiger partial charge in [0.15, 0.2) is 0 Å². The van der Waals surface area contributed by atoms with E-state index in [9.17, 15) is 9.59 Å². The molecule has 0 atom stereocenters. The van der Waals surface area contributed by atoms with Crippen molar-refractivity contribution in [1.82, 2.24) is 5.32 Å². The Morgan fingerprint density at radius 2 is 1.40 bits per heavy atom. The zero-order chi connectivity index (χ0) is 24.0. The van der Waals surface area contributed by atoms with Gasteiger partial charge in [0.2, 0.25) is 5.91 Å². The van der Waals surface area contributed by atoms with Crippen molar-refractivity contribution < 1.29 is 9.59 Å². The highest BCUT2D eigenvalue weighted by molar-refractivity contribution is 6.05. The number of carbonyl (C=O) groups excluding carboxylic acids is 2. The number of anilines is 1. The smallest absolute Gasteiger partial charge is 0.255 e. The number of nitrogens with one attached hydrogen (secondary N) is 2. The lowest BCUT2D eigenvalue weighted by Crippen LogP contribution is -2.25. The molecule has 0 heterocycles. The van der Waals surface area contributed by atoms with Crippen LogP contribution in [-0.2, 0) is 43.3 Å². The number of aryl methyl sites for hydroxylation is 3. The van der Waals surface area contributed by atoms with Gasteiger partial charge in [0, 0.05) is 24.2 Å². The summed E-state index contributed by atoms with van der Waals surface area (Å²) in [6.07, 6.45) is 9.82. The summed E-state index contributed by atoms with van der Waals surface area (Å²) in [6, 6.07) is 20.4. The topological polar surface area (TPSA) is 58.2 Å². The summed E-state index contributed by atoms with van der Waals surface area (Å²) >= 11 is 0. The Hall–Kier alpha value is -3.40. The zero-order valence-electron chi connectivity index (χ0n) is 20.4. The van der Waals surface area contributed by atoms with Gasteiger partial charge in [-0.25, -0.2) is 0 Å². The van der Waals surface area contributed by atoms with Crippen molar-refractivity contribution in [2.24, 2.45) is 0 Å². The Kier molecular flexibility index (Phi) is 7.27. The second kappa shape index (κ2) is 10.9. The predicted octanol–water partition coefficient (Wildman–Crippen LogP) is 5.60. The number of hydrogen-bond acceptors (Lipinski definition) is 2. The molecule has 0 saturated heterocycles. The lowest BCUT2D eigenvalue weighted by atomic mass is 9.98. The van der Waals surface area contributed by atoms with Crippen LogP contribution in [0.25, 0.3) is 0 Å². The van der Waals surface area contributed by atoms with Crippen LogP contribution in [0.4, 0.5) is 5.69 Å². The van der Waals surface area contributed by atoms with Crippen molar-refractivity contribution >= 4 is 17.5 Å². The van der Waals surface area contributed by atoms with Gasteiger partial charge in [0.05, 0.1) is 0 Å². The number of rotatable bonds is 9. The zero-order valence-corrected chi connectivity index (χ0v) is 20.4. The van der Waals surface area contributed by atoms with Gasteiger partial charge in [-0.05, 0) is 103 Å². The largest absolute Gasteiger partial charge is 0.356 e. The van der Waals surface area contributed by atoms with Crippen molar-refractivity contribution in [3.8, 4) is 0 Å². The fraction of sp³-hybridized carbons (Fsp3) is 0.355. The van der Waals surface area contributed by atoms with Gasteiger partial charge in [-0.2, -0.15) is 0 Å². The van der Waals surface area contributed by atoms with Crippen LogP contribution in [0, 0.1) is 0 Å². The summed E-state index contributed by atoms with van der Waals surface area (Å²) in [6.45, 7) is 0.609. The van der Waals surface area contributed by atoms with Gasteiger partial charge in [-0.15, -0.1) is 0 Å². The Labute approximate surface area is 208 Å². The molecule has 35 heavy (non-hydrogen) atoms. The summed E-state index contributed by atoms with van der Waals surface area (Å²) in [4.78, 5) is 25.2. The van der Waals surface area contributed by atoms with Gasteiger partial charge in [0.25, 0.3) is 5.91 Å². The minimum atomic E-state index is -0.0299. The molecule has 0 aliphatic heterocycles. The van der Waals surface area contributed by atoms with E-state index in [1.54, 1.807) is 0 Å². The first kappa shape index (κ1) is 23.3. The maximum atomic E-state index is 13.1. The SMILES string of the molecule is O=C(CCCc1ccccc1)NCCc1ccc(C(=O)Nc2c3c(cc4c2CCC4)CCC3)cc1. The van der Waals surface area contributed by atoms with E-state index in [0.717, 1.165) is 56.2 Å². The van der Waals surface area contributed by atoms with E-state index in [0.29, 0.717) is 18.5 Å². The lowest BCUT2D eigenvalue weighted by molar-refractivity contribution is -0.121. The number of fused-ring (bicyclic) bond motifs is 2. The Bertz CT molecular complexity index is 1170. The maximum Gasteiger partial charge on any atom is 0.255 e. The van der Waals surface area contributed by atoms with Gasteiger partial charge < -0.3 is 10.6 Å². The summed E-state index contributed by atoms with van der Waals surface area (Å²) in [5.41, 5.74) is 9.73. The molecule has 5 rings (SSSR count). The Morgan fingerprint density at radius 3 is 2.09 bits per heavy atom. The third kappa shape index (κ3) is 5.64. The highest BCUT2D eigenvalue weighted by Crippen LogP contribution is 2.38. The molecule has 4 heteroatoms. The van der Waals surface area contributed by atoms with E-state index in [1.165, 1.54) is 40.7 Å². The Morgan fingerprint density at radius 1 is 0.743 bits per heavy atom. The molecule has 0 fully saturated rings. The molecule has 0 aromatic heterocycles. The van der Waals surface area contributed by atoms with Crippen LogP contribution in [0.2, 0.25) is 0 Å². The number of amides is 2. The van der Waals surface area contributed by atoms with Crippen LogP contribution in [-0.4, -0.2) is 18.4 Å². The predicted molar refractivity (Wildman–Crippen MR) is 141 cm³/mol. The summed E-state index contributed by atoms with van der Waals surface area (Å²) in [5, 5.41) is 6.29. The molecule has 3 aromatic rings. The van der Waals surface area contributed by atoms with E-state index < -0.39 is 0 Å². The lowest BCUT2D eigenvalue weighted by Gasteiger charge is -2.16. The van der Waals surface area contributed by atoms with Crippen LogP contribution in [0.5, 0.6) is 0 Å². The third-order valence-electron chi connectivity index (χ3n) is 7.38. The maximum absolute atomic E-state index is 13.1. The van der Waals surface area contributed by atoms with Gasteiger partial charge in [-0.3, -0.25) is 9.59 Å². The normalized spacial score (nSPS) is 13.8. The second-order valence-corrected chi connectivity index (χ2v) is 9.82. The van der Waals surface area contributed by atoms with Crippen LogP contribution in [0.1, 0.15) is 69.4 Å². The molecular formula is C31H34N2O2. The molecule has 2 N–H and O–H groups in total.